The highest BCUT2D eigenvalue weighted by molar-refractivity contribution is 5.30. The van der Waals surface area contributed by atoms with Crippen molar-refractivity contribution in [3.8, 4) is 0 Å². The van der Waals surface area contributed by atoms with Crippen LogP contribution >= 0.6 is 0 Å². The monoisotopic (exact) mass is 216 g/mol. The fraction of sp³-hybridized carbons (Fsp3) is 0.667. The van der Waals surface area contributed by atoms with E-state index in [1.54, 1.807) is 0 Å². The zero-order valence-electron chi connectivity index (χ0n) is 10.0. The second-order valence-electron chi connectivity index (χ2n) is 5.52. The summed E-state index contributed by atoms with van der Waals surface area (Å²) in [5, 5.41) is 3.73. The molecule has 1 heteroatoms. The van der Waals surface area contributed by atoms with Gasteiger partial charge in [-0.25, -0.2) is 0 Å². The molecule has 16 heavy (non-hydrogen) atoms. The van der Waals surface area contributed by atoms with E-state index in [1.165, 1.54) is 63.1 Å². The van der Waals surface area contributed by atoms with Crippen LogP contribution in [0, 0.1) is 17.9 Å². The summed E-state index contributed by atoms with van der Waals surface area (Å²) in [5.41, 5.74) is 1.50. The lowest BCUT2D eigenvalue weighted by Crippen LogP contribution is -2.29. The number of hydrogen-bond acceptors (Lipinski definition) is 1. The molecule has 1 N–H and O–H groups in total. The second kappa shape index (κ2) is 4.65. The van der Waals surface area contributed by atoms with Crippen LogP contribution in [0.3, 0.4) is 0 Å². The maximum absolute atomic E-state index is 3.73. The summed E-state index contributed by atoms with van der Waals surface area (Å²) < 4.78 is 0. The number of allylic oxidation sites excluding steroid dienone is 3. The highest BCUT2D eigenvalue weighted by Crippen LogP contribution is 2.37. The Kier molecular flexibility index (Phi) is 3.03. The summed E-state index contributed by atoms with van der Waals surface area (Å²) in [7, 11) is 0. The molecule has 0 spiro atoms. The van der Waals surface area contributed by atoms with Gasteiger partial charge < -0.3 is 5.32 Å². The van der Waals surface area contributed by atoms with Crippen LogP contribution in [0.5, 0.6) is 0 Å². The van der Waals surface area contributed by atoms with Gasteiger partial charge in [0.05, 0.1) is 6.04 Å². The first kappa shape index (κ1) is 10.4. The van der Waals surface area contributed by atoms with Crippen molar-refractivity contribution in [1.29, 1.82) is 0 Å². The molecule has 1 heterocycles. The van der Waals surface area contributed by atoms with Crippen molar-refractivity contribution in [2.75, 3.05) is 0 Å². The molecule has 0 amide bonds. The summed E-state index contributed by atoms with van der Waals surface area (Å²) in [6.07, 6.45) is 18.1. The molecule has 0 bridgehead atoms. The normalized spacial score (nSPS) is 28.4. The molecule has 2 aliphatic carbocycles. The number of hydrogen-bond donors (Lipinski definition) is 1. The van der Waals surface area contributed by atoms with E-state index in [2.05, 4.69) is 23.5 Å². The standard InChI is InChI=1S/C15H22N/c1-2-7-12(6-1)14-10-5-11-15(16-14)13-8-3-4-9-13/h5,10-13,16H,1-4,6-9H2. The molecular formula is C15H22N. The van der Waals surface area contributed by atoms with Crippen LogP contribution in [-0.2, 0) is 0 Å². The second-order valence-corrected chi connectivity index (χ2v) is 5.52. The summed E-state index contributed by atoms with van der Waals surface area (Å²) in [4.78, 5) is 0. The smallest absolute Gasteiger partial charge is 0.0854 e. The molecule has 0 atom stereocenters. The molecule has 3 rings (SSSR count). The largest absolute Gasteiger partial charge is 0.376 e. The fourth-order valence-electron chi connectivity index (χ4n) is 3.46. The van der Waals surface area contributed by atoms with Gasteiger partial charge >= 0.3 is 0 Å². The Morgan fingerprint density at radius 1 is 0.875 bits per heavy atom. The highest BCUT2D eigenvalue weighted by atomic mass is 14.9. The van der Waals surface area contributed by atoms with Crippen LogP contribution in [0.15, 0.2) is 23.9 Å². The zero-order chi connectivity index (χ0) is 10.8. The van der Waals surface area contributed by atoms with Crippen LogP contribution in [0.25, 0.3) is 0 Å². The molecule has 3 aliphatic rings. The van der Waals surface area contributed by atoms with E-state index < -0.39 is 0 Å². The molecule has 1 aliphatic heterocycles. The van der Waals surface area contributed by atoms with Crippen LogP contribution in [-0.4, -0.2) is 0 Å². The third kappa shape index (κ3) is 2.05. The van der Waals surface area contributed by atoms with Crippen LogP contribution < -0.4 is 5.32 Å². The Labute approximate surface area is 99.0 Å². The summed E-state index contributed by atoms with van der Waals surface area (Å²) in [6, 6.07) is 1.50. The molecule has 0 aromatic rings. The van der Waals surface area contributed by atoms with Gasteiger partial charge in [0.2, 0.25) is 0 Å². The average molecular weight is 216 g/mol. The first-order valence-electron chi connectivity index (χ1n) is 6.95. The first-order valence-corrected chi connectivity index (χ1v) is 6.95. The lowest BCUT2D eigenvalue weighted by atomic mass is 9.92. The number of rotatable bonds is 2. The van der Waals surface area contributed by atoms with E-state index >= 15 is 0 Å². The first-order chi connectivity index (χ1) is 7.93. The molecule has 1 nitrogen and oxygen atoms in total. The quantitative estimate of drug-likeness (QED) is 0.737. The Hall–Kier alpha value is -0.720. The van der Waals surface area contributed by atoms with Crippen molar-refractivity contribution >= 4 is 0 Å². The van der Waals surface area contributed by atoms with Crippen LogP contribution in [0.4, 0.5) is 0 Å². The van der Waals surface area contributed by atoms with Crippen molar-refractivity contribution in [1.82, 2.24) is 5.32 Å². The molecule has 0 aromatic carbocycles. The van der Waals surface area contributed by atoms with E-state index in [0.29, 0.717) is 0 Å². The lowest BCUT2D eigenvalue weighted by molar-refractivity contribution is 0.500. The van der Waals surface area contributed by atoms with Gasteiger partial charge in [0, 0.05) is 5.70 Å². The molecular weight excluding hydrogens is 194 g/mol. The molecule has 1 radical (unpaired) electrons. The van der Waals surface area contributed by atoms with Gasteiger partial charge in [0.15, 0.2) is 0 Å². The van der Waals surface area contributed by atoms with E-state index in [9.17, 15) is 0 Å². The molecule has 87 valence electrons. The van der Waals surface area contributed by atoms with E-state index in [4.69, 9.17) is 0 Å². The van der Waals surface area contributed by atoms with Crippen molar-refractivity contribution in [2.45, 2.75) is 51.4 Å². The number of dihydropyridines is 1. The maximum Gasteiger partial charge on any atom is 0.0854 e. The predicted octanol–water partition coefficient (Wildman–Crippen LogP) is 3.94. The fourth-order valence-corrected chi connectivity index (χ4v) is 3.46. The number of nitrogens with one attached hydrogen (secondary N) is 1. The third-order valence-electron chi connectivity index (χ3n) is 4.43. The Morgan fingerprint density at radius 3 is 2.19 bits per heavy atom. The predicted molar refractivity (Wildman–Crippen MR) is 67.5 cm³/mol. The minimum Gasteiger partial charge on any atom is -0.376 e. The van der Waals surface area contributed by atoms with Gasteiger partial charge in [0.1, 0.15) is 0 Å². The third-order valence-corrected chi connectivity index (χ3v) is 4.43. The van der Waals surface area contributed by atoms with Gasteiger partial charge in [-0.1, -0.05) is 37.8 Å². The van der Waals surface area contributed by atoms with Gasteiger partial charge in [-0.3, -0.25) is 0 Å². The van der Waals surface area contributed by atoms with Gasteiger partial charge in [-0.2, -0.15) is 0 Å². The molecule has 2 fully saturated rings. The Balaban J connectivity index is 1.64. The van der Waals surface area contributed by atoms with Crippen LogP contribution in [0.1, 0.15) is 51.4 Å². The molecule has 0 aromatic heterocycles. The Bertz CT molecular complexity index is 291. The Morgan fingerprint density at radius 2 is 1.50 bits per heavy atom. The summed E-state index contributed by atoms with van der Waals surface area (Å²) >= 11 is 0. The topological polar surface area (TPSA) is 12.0 Å². The van der Waals surface area contributed by atoms with Crippen molar-refractivity contribution in [2.24, 2.45) is 11.8 Å². The summed E-state index contributed by atoms with van der Waals surface area (Å²) in [6.45, 7) is 0. The van der Waals surface area contributed by atoms with Crippen molar-refractivity contribution in [3.63, 3.8) is 0 Å². The average Bonchev–Trinajstić information content (AvgIpc) is 3.03. The lowest BCUT2D eigenvalue weighted by Gasteiger charge is -2.28. The molecule has 0 saturated heterocycles. The zero-order valence-corrected chi connectivity index (χ0v) is 10.0. The SMILES string of the molecule is C1=C[C](C2CCCC2)NC(C2CCCC2)=C1. The summed E-state index contributed by atoms with van der Waals surface area (Å²) in [5.74, 6) is 1.64. The van der Waals surface area contributed by atoms with E-state index in [1.807, 2.05) is 0 Å². The minimum absolute atomic E-state index is 0.821. The minimum atomic E-state index is 0.821. The highest BCUT2D eigenvalue weighted by Gasteiger charge is 2.28. The van der Waals surface area contributed by atoms with Crippen LogP contribution in [0.2, 0.25) is 0 Å². The van der Waals surface area contributed by atoms with E-state index in [-0.39, 0.29) is 0 Å². The maximum atomic E-state index is 3.73. The molecule has 2 saturated carbocycles. The van der Waals surface area contributed by atoms with Gasteiger partial charge in [0.25, 0.3) is 0 Å². The van der Waals surface area contributed by atoms with Gasteiger partial charge in [-0.05, 0) is 43.6 Å². The van der Waals surface area contributed by atoms with Crippen molar-refractivity contribution in [3.05, 3.63) is 30.0 Å². The van der Waals surface area contributed by atoms with Crippen molar-refractivity contribution < 1.29 is 0 Å². The van der Waals surface area contributed by atoms with Gasteiger partial charge in [-0.15, -0.1) is 0 Å². The van der Waals surface area contributed by atoms with E-state index in [0.717, 1.165) is 11.8 Å². The molecule has 0 unspecified atom stereocenters.